The summed E-state index contributed by atoms with van der Waals surface area (Å²) in [5.74, 6) is 1.71. The number of methoxy groups -OCH3 is 1. The minimum Gasteiger partial charge on any atom is -0.508 e. The maximum atomic E-state index is 12.5. The molecule has 0 saturated heterocycles. The zero-order valence-electron chi connectivity index (χ0n) is 26.4. The van der Waals surface area contributed by atoms with E-state index in [9.17, 15) is 14.7 Å². The highest BCUT2D eigenvalue weighted by atomic mass is 16.5. The van der Waals surface area contributed by atoms with Gasteiger partial charge in [0.05, 0.1) is 20.3 Å². The van der Waals surface area contributed by atoms with Gasteiger partial charge in [-0.05, 0) is 78.4 Å². The smallest absolute Gasteiger partial charge is 0.251 e. The first-order valence-electron chi connectivity index (χ1n) is 15.1. The summed E-state index contributed by atoms with van der Waals surface area (Å²) in [6.07, 6.45) is 0.805. The molecule has 5 rings (SSSR count). The van der Waals surface area contributed by atoms with E-state index in [0.717, 1.165) is 17.6 Å². The second-order valence-electron chi connectivity index (χ2n) is 10.1. The number of hydrogen-bond acceptors (Lipinski definition) is 12. The van der Waals surface area contributed by atoms with Gasteiger partial charge in [-0.25, -0.2) is 0 Å². The molecule has 0 radical (unpaired) electrons. The lowest BCUT2D eigenvalue weighted by Gasteiger charge is -2.12. The number of hydrogen-bond donors (Lipinski definition) is 6. The van der Waals surface area contributed by atoms with Crippen LogP contribution in [0.3, 0.4) is 0 Å². The lowest BCUT2D eigenvalue weighted by Crippen LogP contribution is -2.22. The van der Waals surface area contributed by atoms with Crippen molar-refractivity contribution in [2.24, 2.45) is 5.73 Å². The van der Waals surface area contributed by atoms with Crippen molar-refractivity contribution < 1.29 is 24.2 Å². The van der Waals surface area contributed by atoms with Gasteiger partial charge in [-0.2, -0.15) is 15.0 Å². The Hall–Kier alpha value is -6.05. The van der Waals surface area contributed by atoms with Gasteiger partial charge in [-0.3, -0.25) is 9.59 Å². The number of nitrogens with one attached hydrogen (secondary N) is 4. The molecule has 0 saturated carbocycles. The number of ether oxygens (including phenoxy) is 2. The molecule has 13 nitrogen and oxygen atoms in total. The zero-order chi connectivity index (χ0) is 34.0. The number of aromatic nitrogens is 3. The third-order valence-corrected chi connectivity index (χ3v) is 6.50. The van der Waals surface area contributed by atoms with Gasteiger partial charge in [-0.1, -0.05) is 30.3 Å². The summed E-state index contributed by atoms with van der Waals surface area (Å²) in [5.41, 5.74) is 9.08. The number of nitrogens with two attached hydrogens (primary N) is 1. The molecule has 0 aliphatic heterocycles. The summed E-state index contributed by atoms with van der Waals surface area (Å²) in [6, 6.07) is 30.2. The summed E-state index contributed by atoms with van der Waals surface area (Å²) in [5, 5.41) is 21.8. The number of phenols is 1. The molecule has 0 atom stereocenters. The Morgan fingerprint density at radius 2 is 1.40 bits per heavy atom. The highest BCUT2D eigenvalue weighted by molar-refractivity contribution is 5.94. The minimum atomic E-state index is -0.163. The Labute approximate surface area is 278 Å². The van der Waals surface area contributed by atoms with Crippen LogP contribution in [0, 0.1) is 0 Å². The van der Waals surface area contributed by atoms with Crippen molar-refractivity contribution >= 4 is 41.4 Å². The van der Waals surface area contributed by atoms with Gasteiger partial charge < -0.3 is 41.6 Å². The average molecular weight is 651 g/mol. The van der Waals surface area contributed by atoms with E-state index in [2.05, 4.69) is 36.2 Å². The van der Waals surface area contributed by atoms with E-state index in [1.54, 1.807) is 79.9 Å². The number of benzene rings is 4. The second kappa shape index (κ2) is 18.8. The predicted octanol–water partition coefficient (Wildman–Crippen LogP) is 4.89. The maximum Gasteiger partial charge on any atom is 0.251 e. The Bertz CT molecular complexity index is 1710. The van der Waals surface area contributed by atoms with Gasteiger partial charge >= 0.3 is 0 Å². The number of rotatable bonds is 15. The summed E-state index contributed by atoms with van der Waals surface area (Å²) in [6.45, 7) is 2.30. The Kier molecular flexibility index (Phi) is 13.6. The Morgan fingerprint density at radius 3 is 1.98 bits per heavy atom. The lowest BCUT2D eigenvalue weighted by molar-refractivity contribution is 0.0950. The van der Waals surface area contributed by atoms with E-state index >= 15 is 0 Å². The molecule has 0 aliphatic carbocycles. The van der Waals surface area contributed by atoms with Crippen LogP contribution < -0.4 is 31.7 Å². The summed E-state index contributed by atoms with van der Waals surface area (Å²) < 4.78 is 10.3. The molecule has 1 amide bonds. The third-order valence-electron chi connectivity index (χ3n) is 6.50. The monoisotopic (exact) mass is 650 g/mol. The fourth-order valence-corrected chi connectivity index (χ4v) is 4.06. The quantitative estimate of drug-likeness (QED) is 0.0513. The molecule has 48 heavy (non-hydrogen) atoms. The number of amides is 1. The molecule has 4 aromatic carbocycles. The molecule has 0 spiro atoms. The van der Waals surface area contributed by atoms with Crippen LogP contribution in [0.2, 0.25) is 0 Å². The molecule has 0 bridgehead atoms. The van der Waals surface area contributed by atoms with Crippen LogP contribution in [-0.4, -0.2) is 65.7 Å². The fraction of sp³-hybridized carbons (Fsp3) is 0.171. The van der Waals surface area contributed by atoms with Crippen LogP contribution in [0.15, 0.2) is 103 Å². The highest BCUT2D eigenvalue weighted by Gasteiger charge is 2.10. The summed E-state index contributed by atoms with van der Waals surface area (Å²) >= 11 is 0. The number of nitrogens with zero attached hydrogens (tertiary/aromatic N) is 3. The molecule has 13 heteroatoms. The van der Waals surface area contributed by atoms with Gasteiger partial charge in [0.15, 0.2) is 0 Å². The van der Waals surface area contributed by atoms with Crippen LogP contribution in [-0.2, 0) is 11.3 Å². The van der Waals surface area contributed by atoms with Gasteiger partial charge in [0.2, 0.25) is 17.8 Å². The molecular weight excluding hydrogens is 612 g/mol. The number of aldehydes is 1. The number of anilines is 5. The first-order valence-corrected chi connectivity index (χ1v) is 15.1. The molecule has 0 fully saturated rings. The van der Waals surface area contributed by atoms with Crippen LogP contribution >= 0.6 is 0 Å². The number of carbonyl (C=O) groups excluding carboxylic acids is 2. The molecule has 5 aromatic rings. The fourth-order valence-electron chi connectivity index (χ4n) is 4.06. The number of aromatic hydroxyl groups is 1. The van der Waals surface area contributed by atoms with E-state index in [0.29, 0.717) is 73.2 Å². The first kappa shape index (κ1) is 34.8. The second-order valence-corrected chi connectivity index (χ2v) is 10.1. The highest BCUT2D eigenvalue weighted by Crippen LogP contribution is 2.21. The number of carbonyl (C=O) groups is 2. The molecule has 1 heterocycles. The van der Waals surface area contributed by atoms with E-state index in [1.807, 2.05) is 30.3 Å². The van der Waals surface area contributed by atoms with E-state index in [-0.39, 0.29) is 11.7 Å². The predicted molar refractivity (Wildman–Crippen MR) is 185 cm³/mol. The number of phenolic OH excluding ortho intramolecular Hbond substituents is 1. The molecule has 248 valence electrons. The van der Waals surface area contributed by atoms with Crippen molar-refractivity contribution in [3.8, 4) is 11.5 Å². The normalized spacial score (nSPS) is 10.2. The van der Waals surface area contributed by atoms with E-state index in [1.165, 1.54) is 0 Å². The molecule has 1 aromatic heterocycles. The van der Waals surface area contributed by atoms with Gasteiger partial charge in [0.1, 0.15) is 17.8 Å². The van der Waals surface area contributed by atoms with Crippen LogP contribution in [0.1, 0.15) is 26.3 Å². The van der Waals surface area contributed by atoms with Gasteiger partial charge in [0.25, 0.3) is 5.91 Å². The summed E-state index contributed by atoms with van der Waals surface area (Å²) in [7, 11) is 1.59. The van der Waals surface area contributed by atoms with E-state index in [4.69, 9.17) is 15.2 Å². The van der Waals surface area contributed by atoms with Gasteiger partial charge in [0, 0.05) is 42.1 Å². The molecule has 0 aliphatic rings. The van der Waals surface area contributed by atoms with Crippen molar-refractivity contribution in [3.63, 3.8) is 0 Å². The van der Waals surface area contributed by atoms with Crippen molar-refractivity contribution in [1.82, 2.24) is 20.3 Å². The van der Waals surface area contributed by atoms with E-state index < -0.39 is 0 Å². The SMILES string of the molecule is COc1ccc(C=O)cc1.NCCOCCNc1nc(Nc2ccc(O)cc2)nc(Nc2ccc(C(=O)NCc3ccccc3)cc2)n1. The standard InChI is InChI=1S/C27H30N8O3.C8H8O2/c28-14-16-38-17-15-29-25-33-26(35-27(34-25)32-22-10-12-23(36)13-11-22)31-21-8-6-20(7-9-21)24(37)30-18-19-4-2-1-3-5-19;1-10-8-4-2-7(6-9)3-5-8/h1-13,36H,14-18,28H2,(H,30,37)(H3,29,31,32,33,34,35);2-6H,1H3. The lowest BCUT2D eigenvalue weighted by atomic mass is 10.2. The topological polar surface area (TPSA) is 186 Å². The molecule has 0 unspecified atom stereocenters. The Morgan fingerprint density at radius 1 is 0.792 bits per heavy atom. The third kappa shape index (κ3) is 11.7. The first-order chi connectivity index (χ1) is 23.4. The maximum absolute atomic E-state index is 12.5. The van der Waals surface area contributed by atoms with Crippen molar-refractivity contribution in [1.29, 1.82) is 0 Å². The summed E-state index contributed by atoms with van der Waals surface area (Å²) in [4.78, 5) is 36.0. The van der Waals surface area contributed by atoms with Crippen LogP contribution in [0.25, 0.3) is 0 Å². The van der Waals surface area contributed by atoms with Crippen molar-refractivity contribution in [2.45, 2.75) is 6.54 Å². The largest absolute Gasteiger partial charge is 0.508 e. The van der Waals surface area contributed by atoms with Crippen LogP contribution in [0.5, 0.6) is 11.5 Å². The molecular formula is C35H38N8O5. The zero-order valence-corrected chi connectivity index (χ0v) is 26.4. The minimum absolute atomic E-state index is 0.158. The van der Waals surface area contributed by atoms with Gasteiger partial charge in [-0.15, -0.1) is 0 Å². The molecule has 7 N–H and O–H groups in total. The van der Waals surface area contributed by atoms with Crippen molar-refractivity contribution in [2.75, 3.05) is 49.4 Å². The average Bonchev–Trinajstić information content (AvgIpc) is 3.12. The van der Waals surface area contributed by atoms with Crippen LogP contribution in [0.4, 0.5) is 29.2 Å². The Balaban J connectivity index is 0.000000445. The van der Waals surface area contributed by atoms with Crippen molar-refractivity contribution in [3.05, 3.63) is 120 Å².